The second kappa shape index (κ2) is 5.50. The van der Waals surface area contributed by atoms with E-state index in [1.54, 1.807) is 0 Å². The van der Waals surface area contributed by atoms with Crippen LogP contribution in [0.2, 0.25) is 5.02 Å². The van der Waals surface area contributed by atoms with E-state index in [1.165, 1.54) is 13.0 Å². The number of hydrogen-bond acceptors (Lipinski definition) is 3. The lowest BCUT2D eigenvalue weighted by Gasteiger charge is -2.11. The van der Waals surface area contributed by atoms with Crippen molar-refractivity contribution in [3.63, 3.8) is 0 Å². The van der Waals surface area contributed by atoms with Crippen LogP contribution in [0.1, 0.15) is 5.56 Å². The SMILES string of the molecule is Cc1c(N)cc(S(=O)(=O)Nc2cc(F)ccc2Cl)cc1F. The number of nitrogen functional groups attached to an aromatic ring is 1. The van der Waals surface area contributed by atoms with Gasteiger partial charge in [-0.2, -0.15) is 0 Å². The van der Waals surface area contributed by atoms with Crippen molar-refractivity contribution in [2.75, 3.05) is 10.5 Å². The second-order valence-corrected chi connectivity index (χ2v) is 6.44. The highest BCUT2D eigenvalue weighted by Gasteiger charge is 2.19. The van der Waals surface area contributed by atoms with Crippen molar-refractivity contribution < 1.29 is 17.2 Å². The molecule has 2 rings (SSSR count). The Morgan fingerprint density at radius 2 is 1.86 bits per heavy atom. The first-order valence-electron chi connectivity index (χ1n) is 5.74. The van der Waals surface area contributed by atoms with Gasteiger partial charge in [-0.1, -0.05) is 11.6 Å². The third-order valence-corrected chi connectivity index (χ3v) is 4.52. The average Bonchev–Trinajstić information content (AvgIpc) is 2.39. The van der Waals surface area contributed by atoms with E-state index < -0.39 is 21.7 Å². The molecular formula is C13H11ClF2N2O2S. The summed E-state index contributed by atoms with van der Waals surface area (Å²) in [6.45, 7) is 1.43. The number of hydrogen-bond donors (Lipinski definition) is 2. The first kappa shape index (κ1) is 15.5. The number of sulfonamides is 1. The van der Waals surface area contributed by atoms with Gasteiger partial charge in [-0.3, -0.25) is 4.72 Å². The van der Waals surface area contributed by atoms with Crippen LogP contribution in [0.3, 0.4) is 0 Å². The number of rotatable bonds is 3. The zero-order chi connectivity index (χ0) is 15.8. The van der Waals surface area contributed by atoms with Crippen LogP contribution < -0.4 is 10.5 Å². The third kappa shape index (κ3) is 3.25. The van der Waals surface area contributed by atoms with E-state index in [0.717, 1.165) is 24.3 Å². The van der Waals surface area contributed by atoms with Gasteiger partial charge in [0.15, 0.2) is 0 Å². The molecular weight excluding hydrogens is 322 g/mol. The van der Waals surface area contributed by atoms with Gasteiger partial charge in [0.25, 0.3) is 10.0 Å². The molecule has 0 fully saturated rings. The molecule has 0 aliphatic rings. The maximum atomic E-state index is 13.6. The molecule has 0 bridgehead atoms. The minimum absolute atomic E-state index is 0.000661. The first-order chi connectivity index (χ1) is 9.70. The molecule has 112 valence electrons. The van der Waals surface area contributed by atoms with Gasteiger partial charge in [-0.05, 0) is 37.3 Å². The summed E-state index contributed by atoms with van der Waals surface area (Å²) in [5, 5.41) is 0.0144. The lowest BCUT2D eigenvalue weighted by molar-refractivity contribution is 0.593. The Kier molecular flexibility index (Phi) is 4.06. The fraction of sp³-hybridized carbons (Fsp3) is 0.0769. The molecule has 0 spiro atoms. The zero-order valence-corrected chi connectivity index (χ0v) is 12.4. The molecule has 0 heterocycles. The standard InChI is InChI=1S/C13H11ClF2N2O2S/c1-7-11(16)5-9(6-12(7)17)21(19,20)18-13-4-8(15)2-3-10(13)14/h2-6,18H,17H2,1H3. The van der Waals surface area contributed by atoms with Crippen LogP contribution >= 0.6 is 11.6 Å². The molecule has 0 saturated carbocycles. The van der Waals surface area contributed by atoms with Crippen LogP contribution in [0, 0.1) is 18.6 Å². The van der Waals surface area contributed by atoms with E-state index >= 15 is 0 Å². The van der Waals surface area contributed by atoms with Crippen molar-refractivity contribution in [1.29, 1.82) is 0 Å². The molecule has 0 unspecified atom stereocenters. The molecule has 0 aliphatic carbocycles. The van der Waals surface area contributed by atoms with Crippen molar-refractivity contribution in [2.24, 2.45) is 0 Å². The van der Waals surface area contributed by atoms with Crippen molar-refractivity contribution >= 4 is 33.0 Å². The smallest absolute Gasteiger partial charge is 0.262 e. The Hall–Kier alpha value is -1.86. The molecule has 3 N–H and O–H groups in total. The summed E-state index contributed by atoms with van der Waals surface area (Å²) in [6.07, 6.45) is 0. The summed E-state index contributed by atoms with van der Waals surface area (Å²) in [4.78, 5) is -0.372. The summed E-state index contributed by atoms with van der Waals surface area (Å²) in [6, 6.07) is 5.17. The average molecular weight is 333 g/mol. The highest BCUT2D eigenvalue weighted by molar-refractivity contribution is 7.92. The van der Waals surface area contributed by atoms with Gasteiger partial charge in [0.05, 0.1) is 15.6 Å². The minimum atomic E-state index is -4.14. The van der Waals surface area contributed by atoms with Crippen LogP contribution in [0.5, 0.6) is 0 Å². The molecule has 0 aliphatic heterocycles. The lowest BCUT2D eigenvalue weighted by Crippen LogP contribution is -2.14. The van der Waals surface area contributed by atoms with Gasteiger partial charge in [-0.15, -0.1) is 0 Å². The molecule has 2 aromatic rings. The zero-order valence-electron chi connectivity index (χ0n) is 10.8. The largest absolute Gasteiger partial charge is 0.398 e. The van der Waals surface area contributed by atoms with Gasteiger partial charge < -0.3 is 5.73 Å². The van der Waals surface area contributed by atoms with E-state index in [4.69, 9.17) is 17.3 Å². The highest BCUT2D eigenvalue weighted by Crippen LogP contribution is 2.27. The summed E-state index contributed by atoms with van der Waals surface area (Å²) in [5.74, 6) is -1.41. The normalized spacial score (nSPS) is 11.4. The van der Waals surface area contributed by atoms with E-state index in [1.807, 2.05) is 0 Å². The fourth-order valence-electron chi connectivity index (χ4n) is 1.61. The number of halogens is 3. The molecule has 0 radical (unpaired) electrons. The van der Waals surface area contributed by atoms with E-state index in [0.29, 0.717) is 0 Å². The van der Waals surface area contributed by atoms with Gasteiger partial charge in [0.2, 0.25) is 0 Å². The third-order valence-electron chi connectivity index (χ3n) is 2.84. The summed E-state index contributed by atoms with van der Waals surface area (Å²) >= 11 is 5.79. The quantitative estimate of drug-likeness (QED) is 0.847. The van der Waals surface area contributed by atoms with E-state index in [-0.39, 0.29) is 26.9 Å². The molecule has 4 nitrogen and oxygen atoms in total. The van der Waals surface area contributed by atoms with Crippen LogP contribution in [-0.4, -0.2) is 8.42 Å². The van der Waals surface area contributed by atoms with Crippen molar-refractivity contribution in [1.82, 2.24) is 0 Å². The van der Waals surface area contributed by atoms with Gasteiger partial charge in [-0.25, -0.2) is 17.2 Å². The second-order valence-electron chi connectivity index (χ2n) is 4.35. The minimum Gasteiger partial charge on any atom is -0.398 e. The predicted molar refractivity (Wildman–Crippen MR) is 77.8 cm³/mol. The number of nitrogens with one attached hydrogen (secondary N) is 1. The molecule has 0 amide bonds. The van der Waals surface area contributed by atoms with Gasteiger partial charge in [0.1, 0.15) is 11.6 Å². The first-order valence-corrected chi connectivity index (χ1v) is 7.60. The van der Waals surface area contributed by atoms with Gasteiger partial charge in [0, 0.05) is 11.3 Å². The van der Waals surface area contributed by atoms with Crippen LogP contribution in [0.4, 0.5) is 20.2 Å². The lowest BCUT2D eigenvalue weighted by atomic mass is 10.2. The van der Waals surface area contributed by atoms with Gasteiger partial charge >= 0.3 is 0 Å². The Bertz CT molecular complexity index is 787. The monoisotopic (exact) mass is 332 g/mol. The van der Waals surface area contributed by atoms with E-state index in [2.05, 4.69) is 4.72 Å². The molecule has 0 atom stereocenters. The van der Waals surface area contributed by atoms with E-state index in [9.17, 15) is 17.2 Å². The molecule has 0 saturated heterocycles. The molecule has 0 aromatic heterocycles. The number of anilines is 2. The Morgan fingerprint density at radius 1 is 1.19 bits per heavy atom. The summed E-state index contributed by atoms with van der Waals surface area (Å²) < 4.78 is 53.2. The predicted octanol–water partition coefficient (Wildman–Crippen LogP) is 3.31. The number of nitrogens with two attached hydrogens (primary N) is 1. The Labute approximate surface area is 125 Å². The summed E-state index contributed by atoms with van der Waals surface area (Å²) in [7, 11) is -4.14. The molecule has 8 heteroatoms. The topological polar surface area (TPSA) is 72.2 Å². The van der Waals surface area contributed by atoms with Crippen molar-refractivity contribution in [3.8, 4) is 0 Å². The van der Waals surface area contributed by atoms with Crippen molar-refractivity contribution in [2.45, 2.75) is 11.8 Å². The fourth-order valence-corrected chi connectivity index (χ4v) is 2.95. The Balaban J connectivity index is 2.46. The molecule has 21 heavy (non-hydrogen) atoms. The highest BCUT2D eigenvalue weighted by atomic mass is 35.5. The maximum Gasteiger partial charge on any atom is 0.262 e. The maximum absolute atomic E-state index is 13.6. The summed E-state index contributed by atoms with van der Waals surface area (Å²) in [5.41, 5.74) is 5.56. The molecule has 2 aromatic carbocycles. The van der Waals surface area contributed by atoms with Crippen LogP contribution in [0.25, 0.3) is 0 Å². The Morgan fingerprint density at radius 3 is 2.48 bits per heavy atom. The number of benzene rings is 2. The van der Waals surface area contributed by atoms with Crippen LogP contribution in [0.15, 0.2) is 35.2 Å². The van der Waals surface area contributed by atoms with Crippen molar-refractivity contribution in [3.05, 3.63) is 52.6 Å². The van der Waals surface area contributed by atoms with Crippen LogP contribution in [-0.2, 0) is 10.0 Å².